The largest absolute Gasteiger partial charge is 0.389 e. The van der Waals surface area contributed by atoms with E-state index in [0.29, 0.717) is 12.6 Å². The van der Waals surface area contributed by atoms with Gasteiger partial charge in [-0.3, -0.25) is 0 Å². The summed E-state index contributed by atoms with van der Waals surface area (Å²) in [4.78, 5) is 0. The third kappa shape index (κ3) is 5.53. The van der Waals surface area contributed by atoms with Gasteiger partial charge in [-0.25, -0.2) is 0 Å². The first-order chi connectivity index (χ1) is 6.99. The summed E-state index contributed by atoms with van der Waals surface area (Å²) in [6.45, 7) is 6.69. The molecular formula is C13H27NO. The summed E-state index contributed by atoms with van der Waals surface area (Å²) in [5.41, 5.74) is -0.584. The van der Waals surface area contributed by atoms with Gasteiger partial charge in [0.1, 0.15) is 0 Å². The van der Waals surface area contributed by atoms with Gasteiger partial charge in [0.15, 0.2) is 0 Å². The van der Waals surface area contributed by atoms with Crippen molar-refractivity contribution in [2.45, 2.75) is 70.9 Å². The summed E-state index contributed by atoms with van der Waals surface area (Å²) in [5, 5.41) is 13.1. The van der Waals surface area contributed by atoms with E-state index in [1.165, 1.54) is 38.5 Å². The smallest absolute Gasteiger partial charge is 0.0715 e. The van der Waals surface area contributed by atoms with Gasteiger partial charge in [0.05, 0.1) is 5.60 Å². The molecule has 0 radical (unpaired) electrons. The van der Waals surface area contributed by atoms with E-state index in [9.17, 15) is 5.11 Å². The molecule has 2 N–H and O–H groups in total. The second-order valence-corrected chi connectivity index (χ2v) is 5.73. The molecule has 1 atom stereocenters. The first-order valence-electron chi connectivity index (χ1n) is 6.45. The molecule has 0 bridgehead atoms. The SMILES string of the molecule is C[C@H](NCC(C)(C)O)C1CCCCCC1. The second kappa shape index (κ2) is 5.86. The Kier molecular flexibility index (Phi) is 5.07. The van der Waals surface area contributed by atoms with Gasteiger partial charge < -0.3 is 10.4 Å². The summed E-state index contributed by atoms with van der Waals surface area (Å²) in [7, 11) is 0. The van der Waals surface area contributed by atoms with Crippen LogP contribution < -0.4 is 5.32 Å². The number of aliphatic hydroxyl groups is 1. The molecule has 0 aromatic rings. The Morgan fingerprint density at radius 3 is 2.20 bits per heavy atom. The minimum absolute atomic E-state index is 0.550. The van der Waals surface area contributed by atoms with E-state index in [-0.39, 0.29) is 0 Å². The lowest BCUT2D eigenvalue weighted by atomic mass is 9.92. The highest BCUT2D eigenvalue weighted by molar-refractivity contribution is 4.78. The van der Waals surface area contributed by atoms with Crippen molar-refractivity contribution in [2.24, 2.45) is 5.92 Å². The van der Waals surface area contributed by atoms with Gasteiger partial charge in [-0.05, 0) is 39.5 Å². The van der Waals surface area contributed by atoms with Crippen molar-refractivity contribution in [2.75, 3.05) is 6.54 Å². The Morgan fingerprint density at radius 1 is 1.20 bits per heavy atom. The van der Waals surface area contributed by atoms with Crippen molar-refractivity contribution < 1.29 is 5.11 Å². The molecule has 0 amide bonds. The van der Waals surface area contributed by atoms with E-state index in [1.807, 2.05) is 13.8 Å². The maximum absolute atomic E-state index is 9.66. The standard InChI is InChI=1S/C13H27NO/c1-11(14-10-13(2,3)15)12-8-6-4-5-7-9-12/h11-12,14-15H,4-10H2,1-3H3/t11-/m0/s1. The van der Waals surface area contributed by atoms with E-state index in [4.69, 9.17) is 0 Å². The fourth-order valence-corrected chi connectivity index (χ4v) is 2.39. The first-order valence-corrected chi connectivity index (χ1v) is 6.45. The summed E-state index contributed by atoms with van der Waals surface area (Å²) in [5.74, 6) is 0.815. The van der Waals surface area contributed by atoms with Crippen LogP contribution in [0.2, 0.25) is 0 Å². The van der Waals surface area contributed by atoms with Gasteiger partial charge in [-0.15, -0.1) is 0 Å². The molecule has 1 saturated carbocycles. The van der Waals surface area contributed by atoms with Crippen LogP contribution in [0.3, 0.4) is 0 Å². The zero-order valence-electron chi connectivity index (χ0n) is 10.6. The van der Waals surface area contributed by atoms with Gasteiger partial charge in [0.2, 0.25) is 0 Å². The molecule has 1 aliphatic rings. The van der Waals surface area contributed by atoms with Crippen LogP contribution in [0.1, 0.15) is 59.3 Å². The monoisotopic (exact) mass is 213 g/mol. The zero-order chi connectivity index (χ0) is 11.3. The molecule has 2 heteroatoms. The number of rotatable bonds is 4. The fraction of sp³-hybridized carbons (Fsp3) is 1.00. The topological polar surface area (TPSA) is 32.3 Å². The molecule has 0 aliphatic heterocycles. The van der Waals surface area contributed by atoms with Crippen molar-refractivity contribution in [3.8, 4) is 0 Å². The van der Waals surface area contributed by atoms with Crippen LogP contribution in [0.5, 0.6) is 0 Å². The van der Waals surface area contributed by atoms with Crippen LogP contribution in [-0.4, -0.2) is 23.3 Å². The van der Waals surface area contributed by atoms with Gasteiger partial charge >= 0.3 is 0 Å². The Morgan fingerprint density at radius 2 is 1.73 bits per heavy atom. The Balaban J connectivity index is 2.28. The molecule has 0 saturated heterocycles. The highest BCUT2D eigenvalue weighted by Crippen LogP contribution is 2.25. The normalized spacial score (nSPS) is 22.4. The lowest BCUT2D eigenvalue weighted by Gasteiger charge is -2.27. The molecule has 1 rings (SSSR count). The summed E-state index contributed by atoms with van der Waals surface area (Å²) >= 11 is 0. The van der Waals surface area contributed by atoms with Crippen molar-refractivity contribution >= 4 is 0 Å². The third-order valence-electron chi connectivity index (χ3n) is 3.46. The van der Waals surface area contributed by atoms with Crippen LogP contribution in [0, 0.1) is 5.92 Å². The fourth-order valence-electron chi connectivity index (χ4n) is 2.39. The highest BCUT2D eigenvalue weighted by atomic mass is 16.3. The van der Waals surface area contributed by atoms with Crippen LogP contribution in [0.4, 0.5) is 0 Å². The Labute approximate surface area is 94.5 Å². The quantitative estimate of drug-likeness (QED) is 0.704. The van der Waals surface area contributed by atoms with E-state index in [2.05, 4.69) is 12.2 Å². The van der Waals surface area contributed by atoms with Crippen LogP contribution in [0.25, 0.3) is 0 Å². The predicted octanol–water partition coefficient (Wildman–Crippen LogP) is 2.71. The minimum Gasteiger partial charge on any atom is -0.389 e. The molecule has 0 aromatic carbocycles. The lowest BCUT2D eigenvalue weighted by Crippen LogP contribution is -2.42. The molecule has 0 unspecified atom stereocenters. The molecule has 0 spiro atoms. The van der Waals surface area contributed by atoms with Crippen LogP contribution >= 0.6 is 0 Å². The first kappa shape index (κ1) is 13.0. The van der Waals surface area contributed by atoms with Crippen molar-refractivity contribution in [1.82, 2.24) is 5.32 Å². The molecule has 0 aromatic heterocycles. The van der Waals surface area contributed by atoms with E-state index < -0.39 is 5.60 Å². The zero-order valence-corrected chi connectivity index (χ0v) is 10.6. The molecule has 2 nitrogen and oxygen atoms in total. The number of nitrogens with one attached hydrogen (secondary N) is 1. The van der Waals surface area contributed by atoms with Crippen LogP contribution in [-0.2, 0) is 0 Å². The number of hydrogen-bond acceptors (Lipinski definition) is 2. The maximum atomic E-state index is 9.66. The van der Waals surface area contributed by atoms with Crippen LogP contribution in [0.15, 0.2) is 0 Å². The maximum Gasteiger partial charge on any atom is 0.0715 e. The summed E-state index contributed by atoms with van der Waals surface area (Å²) in [6, 6.07) is 0.550. The van der Waals surface area contributed by atoms with Crippen molar-refractivity contribution in [3.05, 3.63) is 0 Å². The van der Waals surface area contributed by atoms with Gasteiger partial charge in [0.25, 0.3) is 0 Å². The summed E-state index contributed by atoms with van der Waals surface area (Å²) < 4.78 is 0. The average molecular weight is 213 g/mol. The third-order valence-corrected chi connectivity index (χ3v) is 3.46. The highest BCUT2D eigenvalue weighted by Gasteiger charge is 2.21. The van der Waals surface area contributed by atoms with Crippen molar-refractivity contribution in [1.29, 1.82) is 0 Å². The predicted molar refractivity (Wildman–Crippen MR) is 65.0 cm³/mol. The molecular weight excluding hydrogens is 186 g/mol. The van der Waals surface area contributed by atoms with Gasteiger partial charge in [0, 0.05) is 12.6 Å². The lowest BCUT2D eigenvalue weighted by molar-refractivity contribution is 0.0738. The van der Waals surface area contributed by atoms with E-state index in [1.54, 1.807) is 0 Å². The Bertz CT molecular complexity index is 166. The van der Waals surface area contributed by atoms with Gasteiger partial charge in [-0.2, -0.15) is 0 Å². The van der Waals surface area contributed by atoms with E-state index >= 15 is 0 Å². The number of hydrogen-bond donors (Lipinski definition) is 2. The molecule has 1 fully saturated rings. The van der Waals surface area contributed by atoms with Crippen molar-refractivity contribution in [3.63, 3.8) is 0 Å². The average Bonchev–Trinajstić information content (AvgIpc) is 2.41. The Hall–Kier alpha value is -0.0800. The molecule has 90 valence electrons. The minimum atomic E-state index is -0.584. The molecule has 1 aliphatic carbocycles. The molecule has 0 heterocycles. The molecule has 15 heavy (non-hydrogen) atoms. The summed E-state index contributed by atoms with van der Waals surface area (Å²) in [6.07, 6.45) is 8.32. The second-order valence-electron chi connectivity index (χ2n) is 5.73. The van der Waals surface area contributed by atoms with E-state index in [0.717, 1.165) is 5.92 Å². The van der Waals surface area contributed by atoms with Gasteiger partial charge in [-0.1, -0.05) is 25.7 Å².